The van der Waals surface area contributed by atoms with Gasteiger partial charge in [-0.05, 0) is 97.8 Å². The number of aromatic hydroxyl groups is 1. The van der Waals surface area contributed by atoms with E-state index in [4.69, 9.17) is 4.74 Å². The third kappa shape index (κ3) is 7.77. The maximum absolute atomic E-state index is 13.5. The van der Waals surface area contributed by atoms with E-state index >= 15 is 0 Å². The summed E-state index contributed by atoms with van der Waals surface area (Å²) >= 11 is 1.64. The average molecular weight is 556 g/mol. The second-order valence-electron chi connectivity index (χ2n) is 12.4. The fraction of sp³-hybridized carbons (Fsp3) is 0.741. The van der Waals surface area contributed by atoms with Crippen LogP contribution in [-0.4, -0.2) is 70.6 Å². The van der Waals surface area contributed by atoms with Crippen molar-refractivity contribution in [3.63, 3.8) is 0 Å². The first-order valence-corrected chi connectivity index (χ1v) is 15.5. The molecule has 2 heterocycles. The zero-order valence-corrected chi connectivity index (χ0v) is 25.3. The van der Waals surface area contributed by atoms with Crippen molar-refractivity contribution in [3.8, 4) is 5.75 Å². The van der Waals surface area contributed by atoms with Crippen LogP contribution in [0, 0.1) is 19.8 Å². The van der Waals surface area contributed by atoms with E-state index in [-0.39, 0.29) is 29.0 Å². The van der Waals surface area contributed by atoms with E-state index in [1.807, 2.05) is 19.9 Å². The number of ether oxygens (including phenoxy) is 1. The Morgan fingerprint density at radius 1 is 1.05 bits per heavy atom. The number of carbonyl (C=O) groups excluding carboxylic acids is 1. The van der Waals surface area contributed by atoms with Gasteiger partial charge in [0.25, 0.3) is 0 Å². The first kappa shape index (κ1) is 30.1. The number of sulfonamides is 1. The van der Waals surface area contributed by atoms with Gasteiger partial charge in [0.15, 0.2) is 0 Å². The number of rotatable bonds is 6. The van der Waals surface area contributed by atoms with Crippen LogP contribution in [0.3, 0.4) is 0 Å². The topological polar surface area (TPSA) is 99.2 Å². The fourth-order valence-corrected chi connectivity index (χ4v) is 7.58. The van der Waals surface area contributed by atoms with Gasteiger partial charge in [-0.2, -0.15) is 0 Å². The van der Waals surface area contributed by atoms with Gasteiger partial charge in [-0.1, -0.05) is 18.0 Å². The summed E-state index contributed by atoms with van der Waals surface area (Å²) in [4.78, 5) is 13.9. The largest absolute Gasteiger partial charge is 0.508 e. The third-order valence-corrected chi connectivity index (χ3v) is 10.3. The fourth-order valence-electron chi connectivity index (χ4n) is 4.86. The summed E-state index contributed by atoms with van der Waals surface area (Å²) in [6.45, 7) is 17.3. The normalized spacial score (nSPS) is 21.3. The summed E-state index contributed by atoms with van der Waals surface area (Å²) in [5, 5.41) is 10.2. The Bertz CT molecular complexity index is 1070. The number of carbonyl (C=O) groups is 1. The number of nitrogens with zero attached hydrogens (tertiary/aromatic N) is 2. The highest BCUT2D eigenvalue weighted by Gasteiger charge is 2.42. The number of likely N-dealkylation sites (tertiary alicyclic amines) is 1. The number of amides is 1. The van der Waals surface area contributed by atoms with E-state index in [0.29, 0.717) is 38.9 Å². The highest BCUT2D eigenvalue weighted by atomic mass is 32.2. The molecule has 2 atom stereocenters. The van der Waals surface area contributed by atoms with Gasteiger partial charge in [0.2, 0.25) is 10.0 Å². The Hall–Kier alpha value is -1.49. The molecule has 2 fully saturated rings. The molecule has 0 bridgehead atoms. The number of nitrogens with one attached hydrogen (secondary N) is 1. The van der Waals surface area contributed by atoms with E-state index in [0.717, 1.165) is 16.7 Å². The van der Waals surface area contributed by atoms with Gasteiger partial charge < -0.3 is 14.7 Å². The predicted molar refractivity (Wildman–Crippen MR) is 150 cm³/mol. The molecule has 2 unspecified atom stereocenters. The third-order valence-electron chi connectivity index (χ3n) is 7.02. The lowest BCUT2D eigenvalue weighted by atomic mass is 9.85. The lowest BCUT2D eigenvalue weighted by Gasteiger charge is -2.38. The first-order valence-electron chi connectivity index (χ1n) is 13.2. The SMILES string of the molecule is Cc1cc(O)c(C(NSC(C)(C)C)C2CCN(S(=O)(=O)C3CCN(C(=O)OC(C)(C)C)C3)CC2)cc1C. The molecule has 1 aromatic rings. The van der Waals surface area contributed by atoms with Crippen molar-refractivity contribution in [1.82, 2.24) is 13.9 Å². The molecular formula is C27H45N3O5S2. The van der Waals surface area contributed by atoms with E-state index in [1.54, 1.807) is 37.0 Å². The van der Waals surface area contributed by atoms with Crippen LogP contribution in [0.1, 0.15) is 83.5 Å². The predicted octanol–water partition coefficient (Wildman–Crippen LogP) is 5.14. The van der Waals surface area contributed by atoms with Crippen molar-refractivity contribution in [3.05, 3.63) is 28.8 Å². The van der Waals surface area contributed by atoms with Crippen LogP contribution in [-0.2, 0) is 14.8 Å². The maximum Gasteiger partial charge on any atom is 0.410 e. The lowest BCUT2D eigenvalue weighted by Crippen LogP contribution is -2.46. The van der Waals surface area contributed by atoms with Crippen LogP contribution >= 0.6 is 11.9 Å². The summed E-state index contributed by atoms with van der Waals surface area (Å²) in [5.41, 5.74) is 2.42. The van der Waals surface area contributed by atoms with Crippen LogP contribution in [0.25, 0.3) is 0 Å². The Morgan fingerprint density at radius 2 is 1.65 bits per heavy atom. The number of phenols is 1. The summed E-state index contributed by atoms with van der Waals surface area (Å²) in [6.07, 6.45) is 1.35. The van der Waals surface area contributed by atoms with Crippen LogP contribution in [0.5, 0.6) is 5.75 Å². The molecule has 2 aliphatic rings. The minimum Gasteiger partial charge on any atom is -0.508 e. The number of hydrogen-bond donors (Lipinski definition) is 2. The number of phenolic OH excluding ortho intramolecular Hbond substituents is 1. The van der Waals surface area contributed by atoms with Gasteiger partial charge in [-0.25, -0.2) is 17.5 Å². The minimum absolute atomic E-state index is 0.0138. The highest BCUT2D eigenvalue weighted by molar-refractivity contribution is 7.98. The van der Waals surface area contributed by atoms with Gasteiger partial charge in [0, 0.05) is 42.5 Å². The van der Waals surface area contributed by atoms with Crippen LogP contribution in [0.2, 0.25) is 0 Å². The molecule has 210 valence electrons. The highest BCUT2D eigenvalue weighted by Crippen LogP contribution is 2.40. The van der Waals surface area contributed by atoms with E-state index in [9.17, 15) is 18.3 Å². The van der Waals surface area contributed by atoms with Crippen molar-refractivity contribution in [2.45, 2.75) is 96.3 Å². The Balaban J connectivity index is 1.69. The van der Waals surface area contributed by atoms with Crippen molar-refractivity contribution in [2.75, 3.05) is 26.2 Å². The molecule has 0 aliphatic carbocycles. The van der Waals surface area contributed by atoms with Gasteiger partial charge >= 0.3 is 6.09 Å². The first-order chi connectivity index (χ1) is 17.0. The van der Waals surface area contributed by atoms with Gasteiger partial charge in [0.1, 0.15) is 11.4 Å². The zero-order chi connectivity index (χ0) is 27.8. The monoisotopic (exact) mass is 555 g/mol. The molecule has 2 N–H and O–H groups in total. The molecule has 0 saturated carbocycles. The number of benzene rings is 1. The second kappa shape index (κ2) is 11.3. The number of piperidine rings is 1. The average Bonchev–Trinajstić information content (AvgIpc) is 3.27. The van der Waals surface area contributed by atoms with Crippen LogP contribution in [0.15, 0.2) is 12.1 Å². The molecule has 1 amide bonds. The van der Waals surface area contributed by atoms with E-state index in [2.05, 4.69) is 31.6 Å². The molecule has 37 heavy (non-hydrogen) atoms. The molecule has 8 nitrogen and oxygen atoms in total. The molecule has 1 aromatic carbocycles. The Labute approximate surface area is 227 Å². The smallest absolute Gasteiger partial charge is 0.410 e. The van der Waals surface area contributed by atoms with E-state index in [1.165, 1.54) is 4.90 Å². The van der Waals surface area contributed by atoms with E-state index < -0.39 is 27.0 Å². The summed E-state index contributed by atoms with van der Waals surface area (Å²) in [5.74, 6) is 0.453. The van der Waals surface area contributed by atoms with Crippen molar-refractivity contribution in [1.29, 1.82) is 0 Å². The van der Waals surface area contributed by atoms with Crippen molar-refractivity contribution >= 4 is 28.1 Å². The Kier molecular flexibility index (Phi) is 9.20. The number of aryl methyl sites for hydroxylation is 2. The van der Waals surface area contributed by atoms with Crippen molar-refractivity contribution < 1.29 is 23.1 Å². The molecule has 0 spiro atoms. The molecule has 0 aromatic heterocycles. The number of hydrogen-bond acceptors (Lipinski definition) is 7. The van der Waals surface area contributed by atoms with Crippen LogP contribution in [0.4, 0.5) is 4.79 Å². The van der Waals surface area contributed by atoms with Gasteiger partial charge in [-0.15, -0.1) is 0 Å². The molecule has 10 heteroatoms. The van der Waals surface area contributed by atoms with Gasteiger partial charge in [0.05, 0.1) is 5.25 Å². The van der Waals surface area contributed by atoms with Gasteiger partial charge in [-0.3, -0.25) is 4.72 Å². The standard InChI is InChI=1S/C27H45N3O5S2/c1-18-15-22(23(31)16-19(18)2)24(28-36-27(6,7)8)20-9-13-30(14-10-20)37(33,34)21-11-12-29(17-21)25(32)35-26(3,4)5/h15-16,20-21,24,28,31H,9-14,17H2,1-8H3. The Morgan fingerprint density at radius 3 is 2.22 bits per heavy atom. The summed E-state index contributed by atoms with van der Waals surface area (Å²) < 4.78 is 37.6. The van der Waals surface area contributed by atoms with Crippen LogP contribution < -0.4 is 4.72 Å². The summed E-state index contributed by atoms with van der Waals surface area (Å²) in [6, 6.07) is 3.78. The molecule has 0 radical (unpaired) electrons. The lowest BCUT2D eigenvalue weighted by molar-refractivity contribution is 0.0295. The second-order valence-corrected chi connectivity index (χ2v) is 16.3. The molecule has 3 rings (SSSR count). The van der Waals surface area contributed by atoms with Crippen molar-refractivity contribution in [2.24, 2.45) is 5.92 Å². The minimum atomic E-state index is -3.53. The zero-order valence-electron chi connectivity index (χ0n) is 23.6. The maximum atomic E-state index is 13.5. The molecule has 2 aliphatic heterocycles. The molecular weight excluding hydrogens is 510 g/mol. The molecule has 2 saturated heterocycles. The summed E-state index contributed by atoms with van der Waals surface area (Å²) in [7, 11) is -3.53. The quantitative estimate of drug-likeness (QED) is 0.469.